The molecule has 2 aromatic carbocycles. The SMILES string of the molecule is CS(=O)(=O)c1ccc(Cn2ccc3c(NC(=O)CC45CC6CC(CC(C6)C4)C5)cccc3c2=O)cc1. The van der Waals surface area contributed by atoms with Gasteiger partial charge >= 0.3 is 0 Å². The Kier molecular flexibility index (Phi) is 5.59. The van der Waals surface area contributed by atoms with Gasteiger partial charge in [0.15, 0.2) is 9.84 Å². The van der Waals surface area contributed by atoms with Crippen LogP contribution in [0.4, 0.5) is 5.69 Å². The van der Waals surface area contributed by atoms with Crippen molar-refractivity contribution in [2.24, 2.45) is 23.2 Å². The Bertz CT molecular complexity index is 1470. The molecule has 4 saturated carbocycles. The minimum atomic E-state index is -3.26. The van der Waals surface area contributed by atoms with E-state index in [2.05, 4.69) is 5.32 Å². The number of carbonyl (C=O) groups is 1. The highest BCUT2D eigenvalue weighted by Gasteiger charge is 2.51. The Hall–Kier alpha value is -2.93. The molecule has 1 aromatic heterocycles. The molecule has 0 radical (unpaired) electrons. The van der Waals surface area contributed by atoms with Crippen molar-refractivity contribution in [1.29, 1.82) is 0 Å². The van der Waals surface area contributed by atoms with Crippen molar-refractivity contribution >= 4 is 32.2 Å². The van der Waals surface area contributed by atoms with Crippen LogP contribution in [0, 0.1) is 23.2 Å². The fourth-order valence-electron chi connectivity index (χ4n) is 7.63. The van der Waals surface area contributed by atoms with Gasteiger partial charge in [0, 0.05) is 35.3 Å². The highest BCUT2D eigenvalue weighted by atomic mass is 32.2. The fraction of sp³-hybridized carbons (Fsp3) is 0.448. The minimum Gasteiger partial charge on any atom is -0.325 e. The van der Waals surface area contributed by atoms with E-state index in [0.29, 0.717) is 24.0 Å². The van der Waals surface area contributed by atoms with Crippen LogP contribution in [-0.4, -0.2) is 25.1 Å². The lowest BCUT2D eigenvalue weighted by atomic mass is 9.49. The number of hydrogen-bond acceptors (Lipinski definition) is 4. The van der Waals surface area contributed by atoms with Crippen molar-refractivity contribution in [3.8, 4) is 0 Å². The van der Waals surface area contributed by atoms with Crippen LogP contribution in [0.25, 0.3) is 10.8 Å². The predicted octanol–water partition coefficient (Wildman–Crippen LogP) is 5.00. The maximum atomic E-state index is 13.3. The van der Waals surface area contributed by atoms with Gasteiger partial charge in [-0.05, 0) is 97.6 Å². The summed E-state index contributed by atoms with van der Waals surface area (Å²) in [6.45, 7) is 0.335. The summed E-state index contributed by atoms with van der Waals surface area (Å²) in [6, 6.07) is 13.9. The van der Waals surface area contributed by atoms with Crippen LogP contribution in [0.3, 0.4) is 0 Å². The molecule has 7 heteroatoms. The lowest BCUT2D eigenvalue weighted by Gasteiger charge is -2.56. The first-order valence-corrected chi connectivity index (χ1v) is 14.8. The number of anilines is 1. The molecule has 0 saturated heterocycles. The van der Waals surface area contributed by atoms with Crippen LogP contribution in [0.15, 0.2) is 64.4 Å². The third-order valence-electron chi connectivity index (χ3n) is 8.70. The summed E-state index contributed by atoms with van der Waals surface area (Å²) >= 11 is 0. The molecule has 4 fully saturated rings. The van der Waals surface area contributed by atoms with Crippen LogP contribution in [-0.2, 0) is 21.2 Å². The van der Waals surface area contributed by atoms with Gasteiger partial charge in [-0.3, -0.25) is 9.59 Å². The van der Waals surface area contributed by atoms with Gasteiger partial charge in [-0.15, -0.1) is 0 Å². The second-order valence-electron chi connectivity index (χ2n) is 11.6. The van der Waals surface area contributed by atoms with E-state index in [1.54, 1.807) is 41.1 Å². The van der Waals surface area contributed by atoms with Crippen LogP contribution < -0.4 is 10.9 Å². The van der Waals surface area contributed by atoms with E-state index in [0.717, 1.165) is 28.7 Å². The van der Waals surface area contributed by atoms with Gasteiger partial charge in [-0.25, -0.2) is 8.42 Å². The van der Waals surface area contributed by atoms with Crippen molar-refractivity contribution in [3.05, 3.63) is 70.6 Å². The summed E-state index contributed by atoms with van der Waals surface area (Å²) in [6.07, 6.45) is 11.1. The van der Waals surface area contributed by atoms with Crippen molar-refractivity contribution < 1.29 is 13.2 Å². The lowest BCUT2D eigenvalue weighted by molar-refractivity contribution is -0.124. The molecule has 0 atom stereocenters. The molecule has 1 amide bonds. The average molecular weight is 505 g/mol. The molecular formula is C29H32N2O4S. The van der Waals surface area contributed by atoms with E-state index >= 15 is 0 Å². The number of hydrogen-bond donors (Lipinski definition) is 1. The third-order valence-corrected chi connectivity index (χ3v) is 9.83. The number of nitrogens with zero attached hydrogens (tertiary/aromatic N) is 1. The number of nitrogens with one attached hydrogen (secondary N) is 1. The molecule has 4 aliphatic rings. The van der Waals surface area contributed by atoms with Gasteiger partial charge in [0.25, 0.3) is 5.56 Å². The van der Waals surface area contributed by atoms with Crippen molar-refractivity contribution in [2.45, 2.75) is 56.4 Å². The second kappa shape index (κ2) is 8.58. The molecule has 0 unspecified atom stereocenters. The third kappa shape index (κ3) is 4.38. The summed E-state index contributed by atoms with van der Waals surface area (Å²) in [5.41, 5.74) is 1.55. The molecule has 6 nitrogen and oxygen atoms in total. The number of rotatable bonds is 6. The highest BCUT2D eigenvalue weighted by molar-refractivity contribution is 7.90. The van der Waals surface area contributed by atoms with E-state index in [4.69, 9.17) is 0 Å². The summed E-state index contributed by atoms with van der Waals surface area (Å²) < 4.78 is 25.0. The summed E-state index contributed by atoms with van der Waals surface area (Å²) in [5, 5.41) is 4.43. The number of amides is 1. The summed E-state index contributed by atoms with van der Waals surface area (Å²) in [7, 11) is -3.26. The Labute approximate surface area is 211 Å². The predicted molar refractivity (Wildman–Crippen MR) is 141 cm³/mol. The molecular weight excluding hydrogens is 472 g/mol. The Morgan fingerprint density at radius 3 is 2.19 bits per heavy atom. The van der Waals surface area contributed by atoms with Crippen LogP contribution in [0.2, 0.25) is 0 Å². The topological polar surface area (TPSA) is 85.2 Å². The monoisotopic (exact) mass is 504 g/mol. The van der Waals surface area contributed by atoms with E-state index < -0.39 is 9.84 Å². The van der Waals surface area contributed by atoms with E-state index in [1.165, 1.54) is 44.8 Å². The molecule has 0 aliphatic heterocycles. The molecule has 7 rings (SSSR count). The zero-order valence-corrected chi connectivity index (χ0v) is 21.4. The molecule has 4 bridgehead atoms. The second-order valence-corrected chi connectivity index (χ2v) is 13.6. The van der Waals surface area contributed by atoms with Gasteiger partial charge < -0.3 is 9.88 Å². The summed E-state index contributed by atoms with van der Waals surface area (Å²) in [5.74, 6) is 2.48. The fourth-order valence-corrected chi connectivity index (χ4v) is 8.26. The van der Waals surface area contributed by atoms with Crippen molar-refractivity contribution in [2.75, 3.05) is 11.6 Å². The van der Waals surface area contributed by atoms with Gasteiger partial charge in [0.1, 0.15) is 0 Å². The van der Waals surface area contributed by atoms with Crippen molar-refractivity contribution in [1.82, 2.24) is 4.57 Å². The standard InChI is InChI=1S/C29H32N2O4S/c1-36(34,35)23-7-5-19(6-8-23)18-31-10-9-24-25(28(31)33)3-2-4-26(24)30-27(32)17-29-14-20-11-21(15-29)13-22(12-20)16-29/h2-10,20-22H,11-18H2,1H3,(H,30,32). The Morgan fingerprint density at radius 2 is 1.58 bits per heavy atom. The average Bonchev–Trinajstić information content (AvgIpc) is 2.80. The number of benzene rings is 2. The quantitative estimate of drug-likeness (QED) is 0.512. The Balaban J connectivity index is 1.21. The van der Waals surface area contributed by atoms with Crippen molar-refractivity contribution in [3.63, 3.8) is 0 Å². The van der Waals surface area contributed by atoms with Crippen LogP contribution >= 0.6 is 0 Å². The zero-order valence-electron chi connectivity index (χ0n) is 20.6. The van der Waals surface area contributed by atoms with Gasteiger partial charge in [-0.1, -0.05) is 18.2 Å². The number of sulfone groups is 1. The maximum Gasteiger partial charge on any atom is 0.258 e. The van der Waals surface area contributed by atoms with Gasteiger partial charge in [-0.2, -0.15) is 0 Å². The molecule has 188 valence electrons. The minimum absolute atomic E-state index is 0.0552. The first-order chi connectivity index (χ1) is 17.2. The number of carbonyl (C=O) groups excluding carboxylic acids is 1. The van der Waals surface area contributed by atoms with Gasteiger partial charge in [0.05, 0.1) is 11.4 Å². The molecule has 1 N–H and O–H groups in total. The lowest BCUT2D eigenvalue weighted by Crippen LogP contribution is -2.47. The first kappa shape index (κ1) is 23.5. The van der Waals surface area contributed by atoms with Crippen LogP contribution in [0.1, 0.15) is 50.5 Å². The first-order valence-electron chi connectivity index (χ1n) is 12.9. The molecule has 4 aliphatic carbocycles. The van der Waals surface area contributed by atoms with E-state index in [-0.39, 0.29) is 21.8 Å². The largest absolute Gasteiger partial charge is 0.325 e. The Morgan fingerprint density at radius 1 is 0.944 bits per heavy atom. The highest BCUT2D eigenvalue weighted by Crippen LogP contribution is 2.61. The molecule has 0 spiro atoms. The molecule has 1 heterocycles. The number of aromatic nitrogens is 1. The molecule has 3 aromatic rings. The normalized spacial score (nSPS) is 26.9. The van der Waals surface area contributed by atoms with E-state index in [9.17, 15) is 18.0 Å². The zero-order chi connectivity index (χ0) is 25.1. The smallest absolute Gasteiger partial charge is 0.258 e. The van der Waals surface area contributed by atoms with Crippen LogP contribution in [0.5, 0.6) is 0 Å². The van der Waals surface area contributed by atoms with Gasteiger partial charge in [0.2, 0.25) is 5.91 Å². The maximum absolute atomic E-state index is 13.3. The number of fused-ring (bicyclic) bond motifs is 1. The number of pyridine rings is 1. The summed E-state index contributed by atoms with van der Waals surface area (Å²) in [4.78, 5) is 26.7. The molecule has 36 heavy (non-hydrogen) atoms. The van der Waals surface area contributed by atoms with E-state index in [1.807, 2.05) is 18.2 Å².